The zero-order valence-corrected chi connectivity index (χ0v) is 20.9. The van der Waals surface area contributed by atoms with Crippen molar-refractivity contribution in [1.29, 1.82) is 0 Å². The van der Waals surface area contributed by atoms with E-state index in [1.165, 1.54) is 5.39 Å². The summed E-state index contributed by atoms with van der Waals surface area (Å²) in [7, 11) is 0. The molecule has 4 nitrogen and oxygen atoms in total. The normalized spacial score (nSPS) is 11.6. The van der Waals surface area contributed by atoms with Gasteiger partial charge in [-0.1, -0.05) is 103 Å². The van der Waals surface area contributed by atoms with Crippen molar-refractivity contribution in [2.45, 2.75) is 0 Å². The summed E-state index contributed by atoms with van der Waals surface area (Å²) in [6.45, 7) is 0. The van der Waals surface area contributed by atoms with Crippen molar-refractivity contribution in [3.63, 3.8) is 0 Å². The van der Waals surface area contributed by atoms with E-state index < -0.39 is 0 Å². The summed E-state index contributed by atoms with van der Waals surface area (Å²) < 4.78 is 6.43. The first-order valence-electron chi connectivity index (χ1n) is 13.0. The zero-order chi connectivity index (χ0) is 25.8. The van der Waals surface area contributed by atoms with Crippen LogP contribution in [0.4, 0.5) is 0 Å². The van der Waals surface area contributed by atoms with Crippen LogP contribution in [0.15, 0.2) is 132 Å². The van der Waals surface area contributed by atoms with E-state index in [2.05, 4.69) is 66.7 Å². The Morgan fingerprint density at radius 3 is 1.79 bits per heavy atom. The Hall–Kier alpha value is -5.35. The monoisotopic (exact) mass is 499 g/mol. The molecule has 0 fully saturated rings. The molecule has 0 aliphatic heterocycles. The summed E-state index contributed by atoms with van der Waals surface area (Å²) >= 11 is 0. The molecule has 0 radical (unpaired) electrons. The summed E-state index contributed by atoms with van der Waals surface area (Å²) in [5.74, 6) is 1.89. The van der Waals surface area contributed by atoms with Gasteiger partial charge in [-0.05, 0) is 40.4 Å². The average Bonchev–Trinajstić information content (AvgIpc) is 3.39. The Bertz CT molecular complexity index is 2180. The first kappa shape index (κ1) is 21.7. The molecule has 0 saturated heterocycles. The van der Waals surface area contributed by atoms with Crippen molar-refractivity contribution < 1.29 is 4.42 Å². The number of furan rings is 1. The summed E-state index contributed by atoms with van der Waals surface area (Å²) in [5.41, 5.74) is 4.49. The van der Waals surface area contributed by atoms with Crippen LogP contribution >= 0.6 is 0 Å². The maximum Gasteiger partial charge on any atom is 0.164 e. The summed E-state index contributed by atoms with van der Waals surface area (Å²) in [6.07, 6.45) is 0. The van der Waals surface area contributed by atoms with Gasteiger partial charge in [0.1, 0.15) is 11.2 Å². The summed E-state index contributed by atoms with van der Waals surface area (Å²) in [6, 6.07) is 43.5. The van der Waals surface area contributed by atoms with Crippen molar-refractivity contribution in [2.24, 2.45) is 0 Å². The van der Waals surface area contributed by atoms with Gasteiger partial charge in [0.2, 0.25) is 0 Å². The van der Waals surface area contributed by atoms with Gasteiger partial charge in [0, 0.05) is 32.8 Å². The second kappa shape index (κ2) is 8.61. The number of hydrogen-bond acceptors (Lipinski definition) is 4. The lowest BCUT2D eigenvalue weighted by atomic mass is 10.0. The van der Waals surface area contributed by atoms with Crippen molar-refractivity contribution in [3.8, 4) is 34.2 Å². The molecule has 0 amide bonds. The van der Waals surface area contributed by atoms with E-state index >= 15 is 0 Å². The van der Waals surface area contributed by atoms with Crippen LogP contribution < -0.4 is 0 Å². The van der Waals surface area contributed by atoms with Gasteiger partial charge in [0.25, 0.3) is 0 Å². The van der Waals surface area contributed by atoms with Gasteiger partial charge in [0.05, 0.1) is 0 Å². The molecule has 2 aromatic heterocycles. The molecule has 0 bridgehead atoms. The number of nitrogens with zero attached hydrogens (tertiary/aromatic N) is 3. The highest BCUT2D eigenvalue weighted by Gasteiger charge is 2.15. The van der Waals surface area contributed by atoms with E-state index in [1.54, 1.807) is 0 Å². The lowest BCUT2D eigenvalue weighted by molar-refractivity contribution is 0.673. The molecule has 0 N–H and O–H groups in total. The molecule has 8 rings (SSSR count). The number of rotatable bonds is 3. The number of aromatic nitrogens is 3. The number of fused-ring (bicyclic) bond motifs is 6. The van der Waals surface area contributed by atoms with E-state index in [9.17, 15) is 0 Å². The molecule has 0 atom stereocenters. The molecule has 2 heterocycles. The van der Waals surface area contributed by atoms with Crippen LogP contribution in [0.25, 0.3) is 77.6 Å². The smallest absolute Gasteiger partial charge is 0.164 e. The quantitative estimate of drug-likeness (QED) is 0.243. The largest absolute Gasteiger partial charge is 0.455 e. The lowest BCUT2D eigenvalue weighted by Crippen LogP contribution is -2.00. The lowest BCUT2D eigenvalue weighted by Gasteiger charge is -2.09. The fourth-order valence-electron chi connectivity index (χ4n) is 5.32. The molecular weight excluding hydrogens is 478 g/mol. The van der Waals surface area contributed by atoms with E-state index in [0.717, 1.165) is 54.8 Å². The van der Waals surface area contributed by atoms with Crippen LogP contribution in [0.3, 0.4) is 0 Å². The Balaban J connectivity index is 1.33. The Morgan fingerprint density at radius 1 is 0.385 bits per heavy atom. The molecule has 0 aliphatic rings. The second-order valence-corrected chi connectivity index (χ2v) is 9.71. The highest BCUT2D eigenvalue weighted by Crippen LogP contribution is 2.36. The molecule has 39 heavy (non-hydrogen) atoms. The topological polar surface area (TPSA) is 51.8 Å². The number of benzene rings is 6. The SMILES string of the molecule is c1ccc(-c2nc(-c3ccc4ccccc4c3)nc(-c3ccc4c(c3)oc3c5ccccc5ccc43)n2)cc1. The minimum atomic E-state index is 0.610. The van der Waals surface area contributed by atoms with Crippen molar-refractivity contribution >= 4 is 43.5 Å². The van der Waals surface area contributed by atoms with E-state index in [-0.39, 0.29) is 0 Å². The fraction of sp³-hybridized carbons (Fsp3) is 0. The van der Waals surface area contributed by atoms with Crippen LogP contribution in [-0.4, -0.2) is 15.0 Å². The number of hydrogen-bond donors (Lipinski definition) is 0. The van der Waals surface area contributed by atoms with Crippen molar-refractivity contribution in [2.75, 3.05) is 0 Å². The van der Waals surface area contributed by atoms with Crippen LogP contribution in [0.1, 0.15) is 0 Å². The molecule has 0 aliphatic carbocycles. The Labute approximate surface area is 224 Å². The van der Waals surface area contributed by atoms with Gasteiger partial charge in [0.15, 0.2) is 17.5 Å². The van der Waals surface area contributed by atoms with Crippen molar-refractivity contribution in [1.82, 2.24) is 15.0 Å². The first-order chi connectivity index (χ1) is 19.3. The van der Waals surface area contributed by atoms with Gasteiger partial charge in [-0.3, -0.25) is 0 Å². The second-order valence-electron chi connectivity index (χ2n) is 9.71. The molecule has 6 aromatic carbocycles. The average molecular weight is 500 g/mol. The molecule has 4 heteroatoms. The van der Waals surface area contributed by atoms with Crippen LogP contribution in [0.2, 0.25) is 0 Å². The van der Waals surface area contributed by atoms with Crippen LogP contribution in [0, 0.1) is 0 Å². The maximum absolute atomic E-state index is 6.43. The van der Waals surface area contributed by atoms with Gasteiger partial charge < -0.3 is 4.42 Å². The molecule has 8 aromatic rings. The third kappa shape index (κ3) is 3.65. The third-order valence-electron chi connectivity index (χ3n) is 7.30. The maximum atomic E-state index is 6.43. The van der Waals surface area contributed by atoms with E-state index in [1.807, 2.05) is 60.7 Å². The summed E-state index contributed by atoms with van der Waals surface area (Å²) in [5, 5.41) is 6.78. The predicted octanol–water partition coefficient (Wildman–Crippen LogP) is 9.08. The minimum absolute atomic E-state index is 0.610. The van der Waals surface area contributed by atoms with E-state index in [0.29, 0.717) is 17.5 Å². The van der Waals surface area contributed by atoms with Gasteiger partial charge in [-0.15, -0.1) is 0 Å². The first-order valence-corrected chi connectivity index (χ1v) is 13.0. The van der Waals surface area contributed by atoms with Gasteiger partial charge >= 0.3 is 0 Å². The zero-order valence-electron chi connectivity index (χ0n) is 20.9. The van der Waals surface area contributed by atoms with Crippen LogP contribution in [-0.2, 0) is 0 Å². The molecule has 182 valence electrons. The highest BCUT2D eigenvalue weighted by atomic mass is 16.3. The third-order valence-corrected chi connectivity index (χ3v) is 7.30. The molecule has 0 unspecified atom stereocenters. The highest BCUT2D eigenvalue weighted by molar-refractivity contribution is 6.15. The molecule has 0 saturated carbocycles. The van der Waals surface area contributed by atoms with Gasteiger partial charge in [-0.2, -0.15) is 0 Å². The van der Waals surface area contributed by atoms with Crippen molar-refractivity contribution in [3.05, 3.63) is 127 Å². The van der Waals surface area contributed by atoms with Crippen LogP contribution in [0.5, 0.6) is 0 Å². The Morgan fingerprint density at radius 2 is 0.974 bits per heavy atom. The predicted molar refractivity (Wildman–Crippen MR) is 158 cm³/mol. The van der Waals surface area contributed by atoms with Gasteiger partial charge in [-0.25, -0.2) is 15.0 Å². The Kier molecular flexibility index (Phi) is 4.79. The molecular formula is C35H21N3O. The minimum Gasteiger partial charge on any atom is -0.455 e. The standard InChI is InChI=1S/C35H21N3O/c1-2-10-24(11-3-1)33-36-34(26-15-14-22-8-4-5-12-25(22)20-26)38-35(37-33)27-17-18-29-30-19-16-23-9-6-7-13-28(23)32(30)39-31(29)21-27/h1-21H. The van der Waals surface area contributed by atoms with E-state index in [4.69, 9.17) is 19.4 Å². The summed E-state index contributed by atoms with van der Waals surface area (Å²) in [4.78, 5) is 14.8. The fourth-order valence-corrected chi connectivity index (χ4v) is 5.32. The molecule has 0 spiro atoms.